The first-order chi connectivity index (χ1) is 8.11. The summed E-state index contributed by atoms with van der Waals surface area (Å²) in [5.41, 5.74) is 7.72. The molecule has 2 N–H and O–H groups in total. The van der Waals surface area contributed by atoms with E-state index in [1.165, 1.54) is 12.1 Å². The summed E-state index contributed by atoms with van der Waals surface area (Å²) in [7, 11) is 0. The van der Waals surface area contributed by atoms with Crippen LogP contribution in [0.4, 0.5) is 4.39 Å². The van der Waals surface area contributed by atoms with Gasteiger partial charge in [0, 0.05) is 6.04 Å². The van der Waals surface area contributed by atoms with Crippen LogP contribution in [0.15, 0.2) is 18.2 Å². The molecular formula is C13H16FNO2. The molecule has 4 heteroatoms. The lowest BCUT2D eigenvalue weighted by Crippen LogP contribution is -2.30. The number of carbonyl (C=O) groups is 1. The summed E-state index contributed by atoms with van der Waals surface area (Å²) >= 11 is 0. The van der Waals surface area contributed by atoms with E-state index in [-0.39, 0.29) is 23.7 Å². The molecule has 1 aliphatic carbocycles. The Kier molecular flexibility index (Phi) is 3.43. The van der Waals surface area contributed by atoms with Crippen LogP contribution in [0.2, 0.25) is 0 Å². The summed E-state index contributed by atoms with van der Waals surface area (Å²) in [6.45, 7) is 2.16. The van der Waals surface area contributed by atoms with Crippen molar-refractivity contribution in [3.63, 3.8) is 0 Å². The molecule has 0 unspecified atom stereocenters. The van der Waals surface area contributed by atoms with E-state index in [9.17, 15) is 9.18 Å². The van der Waals surface area contributed by atoms with E-state index in [4.69, 9.17) is 10.5 Å². The molecule has 1 aromatic carbocycles. The van der Waals surface area contributed by atoms with Crippen molar-refractivity contribution in [2.75, 3.05) is 6.61 Å². The van der Waals surface area contributed by atoms with Crippen molar-refractivity contribution in [3.05, 3.63) is 35.1 Å². The van der Waals surface area contributed by atoms with Gasteiger partial charge in [-0.3, -0.25) is 4.79 Å². The lowest BCUT2D eigenvalue weighted by Gasteiger charge is -2.28. The molecular weight excluding hydrogens is 221 g/mol. The van der Waals surface area contributed by atoms with Crippen LogP contribution < -0.4 is 5.73 Å². The largest absolute Gasteiger partial charge is 0.466 e. The normalized spacial score (nSPS) is 23.0. The van der Waals surface area contributed by atoms with Crippen LogP contribution in [0, 0.1) is 11.7 Å². The summed E-state index contributed by atoms with van der Waals surface area (Å²) in [6.07, 6.45) is 1.11. The van der Waals surface area contributed by atoms with Crippen LogP contribution in [0.25, 0.3) is 0 Å². The first-order valence-electron chi connectivity index (χ1n) is 5.82. The zero-order valence-electron chi connectivity index (χ0n) is 9.78. The van der Waals surface area contributed by atoms with Crippen molar-refractivity contribution in [1.29, 1.82) is 0 Å². The lowest BCUT2D eigenvalue weighted by molar-refractivity contribution is -0.148. The van der Waals surface area contributed by atoms with Crippen molar-refractivity contribution >= 4 is 5.97 Å². The van der Waals surface area contributed by atoms with Gasteiger partial charge in [0.1, 0.15) is 5.82 Å². The van der Waals surface area contributed by atoms with Gasteiger partial charge in [0.05, 0.1) is 12.5 Å². The Balaban J connectivity index is 2.21. The first-order valence-corrected chi connectivity index (χ1v) is 5.82. The SMILES string of the molecule is CCOC(=O)[C@@H]1Cc2ccc(F)cc2[C@@H](N)C1. The molecule has 0 heterocycles. The minimum Gasteiger partial charge on any atom is -0.466 e. The second-order valence-electron chi connectivity index (χ2n) is 4.34. The predicted molar refractivity (Wildman–Crippen MR) is 61.8 cm³/mol. The highest BCUT2D eigenvalue weighted by molar-refractivity contribution is 5.73. The van der Waals surface area contributed by atoms with E-state index in [1.54, 1.807) is 13.0 Å². The maximum absolute atomic E-state index is 13.1. The smallest absolute Gasteiger partial charge is 0.309 e. The van der Waals surface area contributed by atoms with Crippen LogP contribution in [-0.2, 0) is 16.0 Å². The molecule has 2 atom stereocenters. The Morgan fingerprint density at radius 2 is 2.35 bits per heavy atom. The van der Waals surface area contributed by atoms with Crippen LogP contribution in [0.5, 0.6) is 0 Å². The van der Waals surface area contributed by atoms with E-state index in [1.807, 2.05) is 0 Å². The van der Waals surface area contributed by atoms with Crippen molar-refractivity contribution in [2.45, 2.75) is 25.8 Å². The lowest BCUT2D eigenvalue weighted by atomic mass is 9.81. The molecule has 0 spiro atoms. The number of esters is 1. The highest BCUT2D eigenvalue weighted by Crippen LogP contribution is 2.32. The molecule has 1 aliphatic rings. The third kappa shape index (κ3) is 2.47. The van der Waals surface area contributed by atoms with Crippen molar-refractivity contribution in [3.8, 4) is 0 Å². The van der Waals surface area contributed by atoms with Gasteiger partial charge in [-0.1, -0.05) is 6.07 Å². The van der Waals surface area contributed by atoms with Gasteiger partial charge in [0.2, 0.25) is 0 Å². The molecule has 3 nitrogen and oxygen atoms in total. The predicted octanol–water partition coefficient (Wildman–Crippen LogP) is 1.95. The van der Waals surface area contributed by atoms with Gasteiger partial charge in [-0.2, -0.15) is 0 Å². The van der Waals surface area contributed by atoms with Gasteiger partial charge >= 0.3 is 5.97 Å². The quantitative estimate of drug-likeness (QED) is 0.800. The van der Waals surface area contributed by atoms with Crippen molar-refractivity contribution in [1.82, 2.24) is 0 Å². The van der Waals surface area contributed by atoms with E-state index in [2.05, 4.69) is 0 Å². The zero-order chi connectivity index (χ0) is 12.4. The minimum absolute atomic E-state index is 0.206. The Hall–Kier alpha value is -1.42. The fourth-order valence-electron chi connectivity index (χ4n) is 2.32. The number of nitrogens with two attached hydrogens (primary N) is 1. The van der Waals surface area contributed by atoms with Crippen LogP contribution >= 0.6 is 0 Å². The maximum Gasteiger partial charge on any atom is 0.309 e. The number of hydrogen-bond acceptors (Lipinski definition) is 3. The van der Waals surface area contributed by atoms with E-state index >= 15 is 0 Å². The first kappa shape index (κ1) is 12.0. The number of hydrogen-bond donors (Lipinski definition) is 1. The minimum atomic E-state index is -0.288. The fraction of sp³-hybridized carbons (Fsp3) is 0.462. The second-order valence-corrected chi connectivity index (χ2v) is 4.34. The Morgan fingerprint density at radius 1 is 1.59 bits per heavy atom. The van der Waals surface area contributed by atoms with Crippen LogP contribution in [0.1, 0.15) is 30.5 Å². The van der Waals surface area contributed by atoms with Gasteiger partial charge in [-0.25, -0.2) is 4.39 Å². The summed E-state index contributed by atoms with van der Waals surface area (Å²) in [4.78, 5) is 11.7. The van der Waals surface area contributed by atoms with Gasteiger partial charge in [0.15, 0.2) is 0 Å². The summed E-state index contributed by atoms with van der Waals surface area (Å²) in [5, 5.41) is 0. The Morgan fingerprint density at radius 3 is 3.06 bits per heavy atom. The van der Waals surface area contributed by atoms with E-state index in [0.717, 1.165) is 11.1 Å². The molecule has 0 aromatic heterocycles. The molecule has 92 valence electrons. The fourth-order valence-corrected chi connectivity index (χ4v) is 2.32. The molecule has 0 bridgehead atoms. The number of rotatable bonds is 2. The topological polar surface area (TPSA) is 52.3 Å². The number of fused-ring (bicyclic) bond motifs is 1. The highest BCUT2D eigenvalue weighted by Gasteiger charge is 2.30. The van der Waals surface area contributed by atoms with Crippen LogP contribution in [-0.4, -0.2) is 12.6 Å². The molecule has 2 rings (SSSR count). The van der Waals surface area contributed by atoms with Crippen molar-refractivity contribution < 1.29 is 13.9 Å². The standard InChI is InChI=1S/C13H16FNO2/c1-2-17-13(16)9-5-8-3-4-10(14)7-11(8)12(15)6-9/h3-4,7,9,12H,2,5-6,15H2,1H3/t9-,12+/m1/s1. The summed E-state index contributed by atoms with van der Waals surface area (Å²) in [6, 6.07) is 4.28. The Labute approximate surface area is 99.8 Å². The molecule has 0 amide bonds. The number of ether oxygens (including phenoxy) is 1. The molecule has 0 saturated heterocycles. The Bertz CT molecular complexity index is 433. The second kappa shape index (κ2) is 4.84. The third-order valence-electron chi connectivity index (χ3n) is 3.13. The maximum atomic E-state index is 13.1. The molecule has 1 aromatic rings. The molecule has 0 aliphatic heterocycles. The average Bonchev–Trinajstić information content (AvgIpc) is 2.30. The highest BCUT2D eigenvalue weighted by atomic mass is 19.1. The number of carbonyl (C=O) groups excluding carboxylic acids is 1. The van der Waals surface area contributed by atoms with Crippen LogP contribution in [0.3, 0.4) is 0 Å². The number of benzene rings is 1. The number of halogens is 1. The summed E-state index contributed by atoms with van der Waals surface area (Å²) < 4.78 is 18.1. The monoisotopic (exact) mass is 237 g/mol. The van der Waals surface area contributed by atoms with Crippen molar-refractivity contribution in [2.24, 2.45) is 11.7 Å². The molecule has 0 saturated carbocycles. The van der Waals surface area contributed by atoms with Gasteiger partial charge < -0.3 is 10.5 Å². The summed E-state index contributed by atoms with van der Waals surface area (Å²) in [5.74, 6) is -0.699. The van der Waals surface area contributed by atoms with E-state index in [0.29, 0.717) is 19.4 Å². The molecule has 0 radical (unpaired) electrons. The van der Waals surface area contributed by atoms with Gasteiger partial charge in [-0.05, 0) is 43.0 Å². The zero-order valence-corrected chi connectivity index (χ0v) is 9.78. The van der Waals surface area contributed by atoms with Gasteiger partial charge in [-0.15, -0.1) is 0 Å². The van der Waals surface area contributed by atoms with E-state index < -0.39 is 0 Å². The van der Waals surface area contributed by atoms with Gasteiger partial charge in [0.25, 0.3) is 0 Å². The average molecular weight is 237 g/mol. The molecule has 0 fully saturated rings. The third-order valence-corrected chi connectivity index (χ3v) is 3.13. The molecule has 17 heavy (non-hydrogen) atoms.